The minimum atomic E-state index is -2.68. The van der Waals surface area contributed by atoms with Crippen molar-refractivity contribution >= 4 is 29.8 Å². The number of hydrogen-bond donors (Lipinski definition) is 1. The molecule has 0 fully saturated rings. The van der Waals surface area contributed by atoms with Crippen molar-refractivity contribution in [2.24, 2.45) is 5.92 Å². The van der Waals surface area contributed by atoms with Gasteiger partial charge in [-0.25, -0.2) is 8.42 Å². The van der Waals surface area contributed by atoms with Crippen molar-refractivity contribution in [3.05, 3.63) is 0 Å². The molecule has 1 atom stereocenters. The van der Waals surface area contributed by atoms with Crippen LogP contribution in [-0.2, 0) is 15.2 Å². The van der Waals surface area contributed by atoms with Crippen molar-refractivity contribution in [3.8, 4) is 0 Å². The molecular formula is C6H15LiO3S. The zero-order chi connectivity index (χ0) is 8.15. The maximum absolute atomic E-state index is 10.1. The topological polar surface area (TPSA) is 43.4 Å². The summed E-state index contributed by atoms with van der Waals surface area (Å²) in [5, 5.41) is 0. The molecule has 1 unspecified atom stereocenters. The van der Waals surface area contributed by atoms with Crippen LogP contribution in [0.2, 0.25) is 0 Å². The summed E-state index contributed by atoms with van der Waals surface area (Å²) in [4.78, 5) is 0. The molecule has 0 aromatic rings. The molecule has 0 amide bonds. The van der Waals surface area contributed by atoms with E-state index in [2.05, 4.69) is 4.18 Å². The molecule has 0 rings (SSSR count). The van der Waals surface area contributed by atoms with Crippen molar-refractivity contribution in [2.75, 3.05) is 0 Å². The summed E-state index contributed by atoms with van der Waals surface area (Å²) in [5.41, 5.74) is 0. The van der Waals surface area contributed by atoms with E-state index in [1.54, 1.807) is 0 Å². The molecule has 0 aromatic heterocycles. The van der Waals surface area contributed by atoms with Crippen molar-refractivity contribution in [3.63, 3.8) is 0 Å². The van der Waals surface area contributed by atoms with Crippen molar-refractivity contribution < 1.29 is 12.6 Å². The van der Waals surface area contributed by atoms with Gasteiger partial charge in [-0.05, 0) is 12.3 Å². The molecule has 0 aliphatic heterocycles. The first kappa shape index (κ1) is 14.1. The van der Waals surface area contributed by atoms with Gasteiger partial charge in [0.1, 0.15) is 0 Å². The molecule has 0 heterocycles. The Labute approximate surface area is 81.8 Å². The van der Waals surface area contributed by atoms with Gasteiger partial charge in [0.2, 0.25) is 0 Å². The standard InChI is InChI=1S/C6H14O3S.Li.H/c1-4-6(5(2)3)9-10(7)8;;/h5-6,10H,4H2,1-3H3;;. The SMILES string of the molecule is CCC(O[SH](=O)=O)C(C)C.[LiH]. The van der Waals surface area contributed by atoms with Crippen molar-refractivity contribution in [1.82, 2.24) is 0 Å². The second kappa shape index (κ2) is 7.17. The molecule has 0 saturated heterocycles. The Morgan fingerprint density at radius 3 is 1.91 bits per heavy atom. The zero-order valence-electron chi connectivity index (χ0n) is 6.53. The molecule has 0 saturated carbocycles. The summed E-state index contributed by atoms with van der Waals surface area (Å²) in [5.74, 6) is 0.262. The third-order valence-corrected chi connectivity index (χ3v) is 1.81. The van der Waals surface area contributed by atoms with Crippen LogP contribution in [0.25, 0.3) is 0 Å². The van der Waals surface area contributed by atoms with Crippen LogP contribution in [0.3, 0.4) is 0 Å². The van der Waals surface area contributed by atoms with Gasteiger partial charge in [-0.15, -0.1) is 0 Å². The molecule has 11 heavy (non-hydrogen) atoms. The Bertz CT molecular complexity index is 148. The Hall–Kier alpha value is 0.507. The van der Waals surface area contributed by atoms with Gasteiger partial charge in [0.05, 0.1) is 6.10 Å². The van der Waals surface area contributed by atoms with Crippen LogP contribution < -0.4 is 0 Å². The number of thiol groups is 1. The molecule has 5 heteroatoms. The monoisotopic (exact) mass is 174 g/mol. The van der Waals surface area contributed by atoms with Crippen LogP contribution in [0.4, 0.5) is 0 Å². The van der Waals surface area contributed by atoms with Gasteiger partial charge in [-0.3, -0.25) is 4.18 Å². The average molecular weight is 174 g/mol. The quantitative estimate of drug-likeness (QED) is 0.493. The van der Waals surface area contributed by atoms with Gasteiger partial charge < -0.3 is 0 Å². The van der Waals surface area contributed by atoms with Crippen LogP contribution in [0.15, 0.2) is 0 Å². The van der Waals surface area contributed by atoms with Gasteiger partial charge in [0.15, 0.2) is 0 Å². The average Bonchev–Trinajstić information content (AvgIpc) is 1.81. The van der Waals surface area contributed by atoms with Crippen LogP contribution in [0.1, 0.15) is 27.2 Å². The number of hydrogen-bond acceptors (Lipinski definition) is 3. The van der Waals surface area contributed by atoms with E-state index in [1.807, 2.05) is 20.8 Å². The summed E-state index contributed by atoms with van der Waals surface area (Å²) >= 11 is 0. The molecule has 0 aliphatic carbocycles. The van der Waals surface area contributed by atoms with E-state index in [4.69, 9.17) is 0 Å². The van der Waals surface area contributed by atoms with E-state index >= 15 is 0 Å². The third-order valence-electron chi connectivity index (χ3n) is 1.37. The first-order chi connectivity index (χ1) is 4.57. The second-order valence-electron chi connectivity index (χ2n) is 2.52. The van der Waals surface area contributed by atoms with E-state index < -0.39 is 11.0 Å². The normalized spacial score (nSPS) is 13.2. The van der Waals surface area contributed by atoms with E-state index in [-0.39, 0.29) is 30.9 Å². The van der Waals surface area contributed by atoms with Gasteiger partial charge in [-0.1, -0.05) is 20.8 Å². The summed E-state index contributed by atoms with van der Waals surface area (Å²) in [7, 11) is -2.68. The van der Waals surface area contributed by atoms with E-state index in [0.29, 0.717) is 0 Å². The minimum absolute atomic E-state index is 0. The predicted molar refractivity (Wildman–Crippen MR) is 47.5 cm³/mol. The Kier molecular flexibility index (Phi) is 9.16. The fourth-order valence-electron chi connectivity index (χ4n) is 0.778. The second-order valence-corrected chi connectivity index (χ2v) is 3.18. The molecule has 0 spiro atoms. The molecule has 0 radical (unpaired) electrons. The van der Waals surface area contributed by atoms with Crippen LogP contribution >= 0.6 is 0 Å². The van der Waals surface area contributed by atoms with Crippen LogP contribution in [0, 0.1) is 5.92 Å². The van der Waals surface area contributed by atoms with Gasteiger partial charge >= 0.3 is 18.9 Å². The Balaban J connectivity index is 0. The van der Waals surface area contributed by atoms with Crippen LogP contribution in [-0.4, -0.2) is 33.4 Å². The summed E-state index contributed by atoms with van der Waals surface area (Å²) in [6, 6.07) is 0. The summed E-state index contributed by atoms with van der Waals surface area (Å²) in [6.07, 6.45) is 0.585. The molecule has 0 aliphatic rings. The van der Waals surface area contributed by atoms with E-state index in [9.17, 15) is 8.42 Å². The summed E-state index contributed by atoms with van der Waals surface area (Å²) in [6.45, 7) is 5.78. The fraction of sp³-hybridized carbons (Fsp3) is 1.00. The van der Waals surface area contributed by atoms with Gasteiger partial charge in [0.25, 0.3) is 11.0 Å². The van der Waals surface area contributed by atoms with Gasteiger partial charge in [0, 0.05) is 0 Å². The van der Waals surface area contributed by atoms with Gasteiger partial charge in [-0.2, -0.15) is 0 Å². The van der Waals surface area contributed by atoms with Crippen molar-refractivity contribution in [2.45, 2.75) is 33.3 Å². The Morgan fingerprint density at radius 1 is 1.36 bits per heavy atom. The van der Waals surface area contributed by atoms with Crippen LogP contribution in [0.5, 0.6) is 0 Å². The first-order valence-corrected chi connectivity index (χ1v) is 4.48. The third kappa shape index (κ3) is 6.89. The fourth-order valence-corrected chi connectivity index (χ4v) is 1.39. The predicted octanol–water partition coefficient (Wildman–Crippen LogP) is 0.315. The van der Waals surface area contributed by atoms with E-state index in [0.717, 1.165) is 6.42 Å². The van der Waals surface area contributed by atoms with E-state index in [1.165, 1.54) is 0 Å². The molecule has 0 bridgehead atoms. The molecule has 64 valence electrons. The molecular weight excluding hydrogens is 159 g/mol. The van der Waals surface area contributed by atoms with Crippen molar-refractivity contribution in [1.29, 1.82) is 0 Å². The molecule has 0 aromatic carbocycles. The molecule has 3 nitrogen and oxygen atoms in total. The summed E-state index contributed by atoms with van der Waals surface area (Å²) < 4.78 is 24.8. The first-order valence-electron chi connectivity index (χ1n) is 3.39. The Morgan fingerprint density at radius 2 is 1.82 bits per heavy atom. The number of rotatable bonds is 4. The maximum atomic E-state index is 10.1. The molecule has 0 N–H and O–H groups in total. The zero-order valence-corrected chi connectivity index (χ0v) is 7.43.